The van der Waals surface area contributed by atoms with Crippen molar-refractivity contribution in [2.24, 2.45) is 0 Å². The zero-order chi connectivity index (χ0) is 7.44. The second-order valence-corrected chi connectivity index (χ2v) is 1.45. The smallest absolute Gasteiger partial charge is 0.333 e. The Morgan fingerprint density at radius 2 is 1.55 bits per heavy atom. The van der Waals surface area contributed by atoms with Gasteiger partial charge in [-0.05, 0) is 0 Å². The summed E-state index contributed by atoms with van der Waals surface area (Å²) < 4.78 is 0. The molecular weight excluding hydrogens is 320 g/mol. The van der Waals surface area contributed by atoms with E-state index in [-0.39, 0.29) is 42.1 Å². The number of hydrogen-bond donors (Lipinski definition) is 3. The van der Waals surface area contributed by atoms with Crippen LogP contribution in [-0.2, 0) is 51.7 Å². The van der Waals surface area contributed by atoms with Crippen LogP contribution in [0.2, 0.25) is 0 Å². The number of hydrogen-bond acceptors (Lipinski definition) is 3. The third-order valence-corrected chi connectivity index (χ3v) is 0.653. The Kier molecular flexibility index (Phi) is 13.2. The van der Waals surface area contributed by atoms with E-state index in [1.54, 1.807) is 0 Å². The summed E-state index contributed by atoms with van der Waals surface area (Å²) in [7, 11) is 0. The molecule has 0 heterocycles. The summed E-state index contributed by atoms with van der Waals surface area (Å²) in [5.41, 5.74) is 0. The fraction of sp³-hybridized carbons (Fsp3) is 0.500. The molecule has 0 amide bonds. The SMILES string of the molecule is O=C(O)CC(O)C(=O)O.[Mo].[Mo]. The van der Waals surface area contributed by atoms with Crippen LogP contribution in [-0.4, -0.2) is 33.4 Å². The minimum absolute atomic E-state index is 0. The molecule has 0 aliphatic heterocycles. The van der Waals surface area contributed by atoms with Crippen molar-refractivity contribution in [3.8, 4) is 0 Å². The predicted octanol–water partition coefficient (Wildman–Crippen LogP) is -1.10. The van der Waals surface area contributed by atoms with Gasteiger partial charge in [-0.2, -0.15) is 0 Å². The molecule has 0 aliphatic carbocycles. The molecule has 0 aromatic rings. The minimum Gasteiger partial charge on any atom is -0.481 e. The number of aliphatic hydroxyl groups excluding tert-OH is 1. The van der Waals surface area contributed by atoms with Gasteiger partial charge in [0.05, 0.1) is 6.42 Å². The van der Waals surface area contributed by atoms with Gasteiger partial charge in [0.1, 0.15) is 0 Å². The van der Waals surface area contributed by atoms with Crippen molar-refractivity contribution < 1.29 is 67.0 Å². The molecule has 0 radical (unpaired) electrons. The predicted molar refractivity (Wildman–Crippen MR) is 25.9 cm³/mol. The molecule has 1 unspecified atom stereocenters. The normalized spacial score (nSPS) is 10.3. The molecule has 0 spiro atoms. The van der Waals surface area contributed by atoms with Gasteiger partial charge < -0.3 is 15.3 Å². The minimum atomic E-state index is -1.79. The molecule has 1 atom stereocenters. The average molecular weight is 326 g/mol. The van der Waals surface area contributed by atoms with Crippen LogP contribution in [0.3, 0.4) is 0 Å². The first-order chi connectivity index (χ1) is 4.04. The number of aliphatic hydroxyl groups is 1. The van der Waals surface area contributed by atoms with Crippen molar-refractivity contribution in [1.82, 2.24) is 0 Å². The van der Waals surface area contributed by atoms with Gasteiger partial charge in [-0.3, -0.25) is 4.79 Å². The molecule has 7 heteroatoms. The van der Waals surface area contributed by atoms with Crippen LogP contribution in [0.1, 0.15) is 6.42 Å². The van der Waals surface area contributed by atoms with Crippen LogP contribution < -0.4 is 0 Å². The molecule has 11 heavy (non-hydrogen) atoms. The molecule has 0 aromatic heterocycles. The van der Waals surface area contributed by atoms with E-state index in [1.807, 2.05) is 0 Å². The Morgan fingerprint density at radius 3 is 1.64 bits per heavy atom. The van der Waals surface area contributed by atoms with Crippen LogP contribution in [0.5, 0.6) is 0 Å². The van der Waals surface area contributed by atoms with Gasteiger partial charge in [0.15, 0.2) is 6.10 Å². The number of carboxylic acids is 2. The quantitative estimate of drug-likeness (QED) is 0.573. The first kappa shape index (κ1) is 17.4. The molecule has 0 aromatic carbocycles. The summed E-state index contributed by atoms with van der Waals surface area (Å²) in [5, 5.41) is 24.1. The zero-order valence-electron chi connectivity index (χ0n) is 5.26. The third-order valence-electron chi connectivity index (χ3n) is 0.653. The summed E-state index contributed by atoms with van der Waals surface area (Å²) in [6.07, 6.45) is -2.54. The van der Waals surface area contributed by atoms with Crippen molar-refractivity contribution in [3.05, 3.63) is 0 Å². The van der Waals surface area contributed by atoms with Crippen molar-refractivity contribution in [3.63, 3.8) is 0 Å². The van der Waals surface area contributed by atoms with Gasteiger partial charge in [-0.25, -0.2) is 4.79 Å². The van der Waals surface area contributed by atoms with Crippen LogP contribution in [0.25, 0.3) is 0 Å². The van der Waals surface area contributed by atoms with Gasteiger partial charge in [-0.1, -0.05) is 0 Å². The molecule has 5 nitrogen and oxygen atoms in total. The Balaban J connectivity index is -0.000000320. The van der Waals surface area contributed by atoms with Crippen LogP contribution in [0, 0.1) is 0 Å². The van der Waals surface area contributed by atoms with E-state index in [4.69, 9.17) is 15.3 Å². The fourth-order valence-electron chi connectivity index (χ4n) is 0.253. The van der Waals surface area contributed by atoms with E-state index in [0.717, 1.165) is 0 Å². The molecule has 0 saturated heterocycles. The molecule has 64 valence electrons. The summed E-state index contributed by atoms with van der Waals surface area (Å²) >= 11 is 0. The van der Waals surface area contributed by atoms with Gasteiger partial charge >= 0.3 is 11.9 Å². The van der Waals surface area contributed by atoms with Crippen molar-refractivity contribution in [1.29, 1.82) is 0 Å². The molecule has 0 fully saturated rings. The second-order valence-electron chi connectivity index (χ2n) is 1.45. The monoisotopic (exact) mass is 330 g/mol. The number of aliphatic carboxylic acids is 2. The van der Waals surface area contributed by atoms with E-state index in [0.29, 0.717) is 0 Å². The first-order valence-electron chi connectivity index (χ1n) is 2.16. The molecule has 0 bridgehead atoms. The van der Waals surface area contributed by atoms with Crippen LogP contribution >= 0.6 is 0 Å². The molecule has 0 saturated carbocycles. The Labute approximate surface area is 91.3 Å². The van der Waals surface area contributed by atoms with E-state index in [2.05, 4.69) is 0 Å². The van der Waals surface area contributed by atoms with Crippen LogP contribution in [0.15, 0.2) is 0 Å². The largest absolute Gasteiger partial charge is 0.481 e. The topological polar surface area (TPSA) is 94.8 Å². The van der Waals surface area contributed by atoms with E-state index in [9.17, 15) is 9.59 Å². The van der Waals surface area contributed by atoms with Crippen molar-refractivity contribution in [2.45, 2.75) is 12.5 Å². The summed E-state index contributed by atoms with van der Waals surface area (Å²) in [4.78, 5) is 19.4. The average Bonchev–Trinajstić information content (AvgIpc) is 1.63. The Morgan fingerprint density at radius 1 is 1.18 bits per heavy atom. The fourth-order valence-corrected chi connectivity index (χ4v) is 0.253. The number of carbonyl (C=O) groups is 2. The molecule has 0 aliphatic rings. The zero-order valence-corrected chi connectivity index (χ0v) is 9.27. The standard InChI is InChI=1S/C4H6O5.2Mo/c5-2(4(8)9)1-3(6)7;;/h2,5H,1H2,(H,6,7)(H,8,9);;. The second kappa shape index (κ2) is 8.37. The van der Waals surface area contributed by atoms with Gasteiger partial charge in [-0.15, -0.1) is 0 Å². The number of rotatable bonds is 3. The summed E-state index contributed by atoms with van der Waals surface area (Å²) in [5.74, 6) is -2.85. The summed E-state index contributed by atoms with van der Waals surface area (Å²) in [6.45, 7) is 0. The van der Waals surface area contributed by atoms with E-state index < -0.39 is 24.5 Å². The maximum absolute atomic E-state index is 9.72. The van der Waals surface area contributed by atoms with E-state index >= 15 is 0 Å². The van der Waals surface area contributed by atoms with Gasteiger partial charge in [0.25, 0.3) is 0 Å². The van der Waals surface area contributed by atoms with Crippen molar-refractivity contribution >= 4 is 11.9 Å². The van der Waals surface area contributed by atoms with Crippen molar-refractivity contribution in [2.75, 3.05) is 0 Å². The Hall–Kier alpha value is 0.277. The number of carboxylic acid groups (broad SMARTS) is 2. The Bertz CT molecular complexity index is 136. The van der Waals surface area contributed by atoms with Gasteiger partial charge in [0.2, 0.25) is 0 Å². The maximum Gasteiger partial charge on any atom is 0.333 e. The summed E-state index contributed by atoms with van der Waals surface area (Å²) in [6, 6.07) is 0. The molecule has 3 N–H and O–H groups in total. The molecule has 0 rings (SSSR count). The van der Waals surface area contributed by atoms with Crippen LogP contribution in [0.4, 0.5) is 0 Å². The third kappa shape index (κ3) is 10.3. The first-order valence-corrected chi connectivity index (χ1v) is 2.16. The molecular formula is C4H6Mo2O5. The van der Waals surface area contributed by atoms with Gasteiger partial charge in [0, 0.05) is 42.1 Å². The maximum atomic E-state index is 9.72. The van der Waals surface area contributed by atoms with E-state index in [1.165, 1.54) is 0 Å².